The summed E-state index contributed by atoms with van der Waals surface area (Å²) in [6.07, 6.45) is 2.66. The van der Waals surface area contributed by atoms with Crippen molar-refractivity contribution in [3.63, 3.8) is 0 Å². The third-order valence-corrected chi connectivity index (χ3v) is 3.73. The van der Waals surface area contributed by atoms with E-state index in [2.05, 4.69) is 4.98 Å². The van der Waals surface area contributed by atoms with Crippen LogP contribution in [0.2, 0.25) is 0 Å². The minimum atomic E-state index is -1.15. The fourth-order valence-electron chi connectivity index (χ4n) is 2.44. The van der Waals surface area contributed by atoms with Crippen molar-refractivity contribution in [1.82, 2.24) is 14.5 Å². The van der Waals surface area contributed by atoms with Gasteiger partial charge in [0.05, 0.1) is 6.20 Å². The van der Waals surface area contributed by atoms with Crippen LogP contribution in [0.4, 0.5) is 4.39 Å². The maximum atomic E-state index is 13.2. The van der Waals surface area contributed by atoms with Crippen molar-refractivity contribution in [3.05, 3.63) is 68.9 Å². The lowest BCUT2D eigenvalue weighted by molar-refractivity contribution is -0.149. The molecule has 1 atom stereocenters. The molecule has 0 bridgehead atoms. The molecule has 0 saturated heterocycles. The quantitative estimate of drug-likeness (QED) is 0.571. The van der Waals surface area contributed by atoms with Crippen LogP contribution in [-0.2, 0) is 22.7 Å². The number of para-hydroxylation sites is 1. The van der Waals surface area contributed by atoms with Crippen LogP contribution in [0, 0.1) is 5.82 Å². The van der Waals surface area contributed by atoms with Crippen molar-refractivity contribution in [2.45, 2.75) is 19.2 Å². The second-order valence-corrected chi connectivity index (χ2v) is 5.47. The van der Waals surface area contributed by atoms with Gasteiger partial charge in [0.15, 0.2) is 6.73 Å². The largest absolute Gasteiger partial charge is 0.443 e. The molecule has 0 radical (unpaired) electrons. The van der Waals surface area contributed by atoms with E-state index in [0.29, 0.717) is 6.20 Å². The van der Waals surface area contributed by atoms with E-state index in [-0.39, 0.29) is 6.42 Å². The number of nitrogens with zero attached hydrogens (tertiary/aromatic N) is 1. The lowest BCUT2D eigenvalue weighted by atomic mass is 10.1. The van der Waals surface area contributed by atoms with Crippen molar-refractivity contribution in [2.24, 2.45) is 5.73 Å². The Kier molecular flexibility index (Phi) is 4.48. The first-order valence-corrected chi connectivity index (χ1v) is 7.42. The van der Waals surface area contributed by atoms with Gasteiger partial charge >= 0.3 is 11.7 Å². The second-order valence-electron chi connectivity index (χ2n) is 5.47. The summed E-state index contributed by atoms with van der Waals surface area (Å²) in [5, 5.41) is 0.949. The zero-order chi connectivity index (χ0) is 18.0. The van der Waals surface area contributed by atoms with Gasteiger partial charge in [-0.25, -0.2) is 4.79 Å². The monoisotopic (exact) mass is 346 g/mol. The van der Waals surface area contributed by atoms with Crippen LogP contribution >= 0.6 is 0 Å². The van der Waals surface area contributed by atoms with Crippen LogP contribution in [0.15, 0.2) is 46.2 Å². The maximum Gasteiger partial charge on any atom is 0.331 e. The summed E-state index contributed by atoms with van der Waals surface area (Å²) in [6, 6.07) is 6.61. The van der Waals surface area contributed by atoms with Gasteiger partial charge in [-0.2, -0.15) is 4.39 Å². The maximum absolute atomic E-state index is 13.2. The Balaban J connectivity index is 1.66. The third-order valence-electron chi connectivity index (χ3n) is 3.73. The Morgan fingerprint density at radius 1 is 1.32 bits per heavy atom. The number of ether oxygens (including phenoxy) is 1. The lowest BCUT2D eigenvalue weighted by Crippen LogP contribution is -2.37. The number of fused-ring (bicyclic) bond motifs is 1. The molecule has 0 aliphatic rings. The number of esters is 1. The molecule has 8 nitrogen and oxygen atoms in total. The van der Waals surface area contributed by atoms with Gasteiger partial charge < -0.3 is 15.5 Å². The Morgan fingerprint density at radius 2 is 2.08 bits per heavy atom. The minimum absolute atomic E-state index is 0.234. The summed E-state index contributed by atoms with van der Waals surface area (Å²) < 4.78 is 18.8. The summed E-state index contributed by atoms with van der Waals surface area (Å²) in [5.74, 6) is -1.90. The van der Waals surface area contributed by atoms with Gasteiger partial charge in [0.2, 0.25) is 5.82 Å². The van der Waals surface area contributed by atoms with E-state index in [1.807, 2.05) is 24.3 Å². The van der Waals surface area contributed by atoms with Gasteiger partial charge in [0, 0.05) is 23.5 Å². The number of carbonyl (C=O) groups is 1. The van der Waals surface area contributed by atoms with E-state index in [9.17, 15) is 18.8 Å². The average Bonchev–Trinajstić information content (AvgIpc) is 2.99. The SMILES string of the molecule is NC(Cc1c[nH]c2ccccc12)C(=O)OCn1cc(F)c(=O)[nH]c1=O. The molecule has 9 heteroatoms. The van der Waals surface area contributed by atoms with Gasteiger partial charge in [-0.15, -0.1) is 0 Å². The molecule has 0 aliphatic heterocycles. The van der Waals surface area contributed by atoms with Gasteiger partial charge in [-0.05, 0) is 11.6 Å². The summed E-state index contributed by atoms with van der Waals surface area (Å²) in [5.41, 5.74) is 5.61. The van der Waals surface area contributed by atoms with Crippen LogP contribution < -0.4 is 17.0 Å². The van der Waals surface area contributed by atoms with Crippen LogP contribution in [-0.4, -0.2) is 26.5 Å². The van der Waals surface area contributed by atoms with E-state index >= 15 is 0 Å². The number of hydrogen-bond acceptors (Lipinski definition) is 5. The van der Waals surface area contributed by atoms with Gasteiger partial charge in [-0.3, -0.25) is 19.1 Å². The Labute approximate surface area is 140 Å². The van der Waals surface area contributed by atoms with Gasteiger partial charge in [0.1, 0.15) is 6.04 Å². The van der Waals surface area contributed by atoms with E-state index in [1.54, 1.807) is 11.2 Å². The average molecular weight is 346 g/mol. The molecule has 0 saturated carbocycles. The van der Waals surface area contributed by atoms with Gasteiger partial charge in [0.25, 0.3) is 5.56 Å². The number of hydrogen-bond donors (Lipinski definition) is 3. The number of aromatic amines is 2. The molecule has 0 fully saturated rings. The van der Waals surface area contributed by atoms with E-state index in [1.165, 1.54) is 0 Å². The molecule has 2 heterocycles. The molecule has 2 aromatic heterocycles. The predicted octanol–water partition coefficient (Wildman–Crippen LogP) is 0.228. The summed E-state index contributed by atoms with van der Waals surface area (Å²) in [7, 11) is 0. The molecular formula is C16H15FN4O4. The first-order chi connectivity index (χ1) is 12.0. The van der Waals surface area contributed by atoms with Crippen LogP contribution in [0.3, 0.4) is 0 Å². The highest BCUT2D eigenvalue weighted by atomic mass is 19.1. The first-order valence-electron chi connectivity index (χ1n) is 7.42. The molecule has 0 amide bonds. The number of H-pyrrole nitrogens is 2. The molecular weight excluding hydrogens is 331 g/mol. The van der Waals surface area contributed by atoms with Crippen molar-refractivity contribution < 1.29 is 13.9 Å². The number of benzene rings is 1. The molecule has 1 unspecified atom stereocenters. The Morgan fingerprint density at radius 3 is 2.88 bits per heavy atom. The second kappa shape index (κ2) is 6.73. The molecule has 0 spiro atoms. The van der Waals surface area contributed by atoms with Crippen LogP contribution in [0.1, 0.15) is 5.56 Å². The highest BCUT2D eigenvalue weighted by molar-refractivity contribution is 5.84. The number of nitrogens with two attached hydrogens (primary N) is 1. The third kappa shape index (κ3) is 3.50. The Bertz CT molecular complexity index is 1040. The highest BCUT2D eigenvalue weighted by Gasteiger charge is 2.18. The molecule has 3 rings (SSSR count). The number of carbonyl (C=O) groups excluding carboxylic acids is 1. The smallest absolute Gasteiger partial charge is 0.331 e. The van der Waals surface area contributed by atoms with Crippen molar-refractivity contribution >= 4 is 16.9 Å². The van der Waals surface area contributed by atoms with Crippen LogP contribution in [0.5, 0.6) is 0 Å². The predicted molar refractivity (Wildman–Crippen MR) is 87.4 cm³/mol. The molecule has 3 aromatic rings. The number of nitrogens with one attached hydrogen (secondary N) is 2. The topological polar surface area (TPSA) is 123 Å². The number of rotatable bonds is 5. The molecule has 1 aromatic carbocycles. The van der Waals surface area contributed by atoms with Crippen molar-refractivity contribution in [2.75, 3.05) is 0 Å². The van der Waals surface area contributed by atoms with Gasteiger partial charge in [-0.1, -0.05) is 18.2 Å². The van der Waals surface area contributed by atoms with Crippen molar-refractivity contribution in [1.29, 1.82) is 0 Å². The Hall–Kier alpha value is -3.20. The molecule has 130 valence electrons. The fraction of sp³-hybridized carbons (Fsp3) is 0.188. The summed E-state index contributed by atoms with van der Waals surface area (Å²) >= 11 is 0. The summed E-state index contributed by atoms with van der Waals surface area (Å²) in [4.78, 5) is 39.3. The molecule has 0 aliphatic carbocycles. The van der Waals surface area contributed by atoms with Crippen molar-refractivity contribution in [3.8, 4) is 0 Å². The normalized spacial score (nSPS) is 12.2. The number of aromatic nitrogens is 3. The van der Waals surface area contributed by atoms with E-state index < -0.39 is 35.8 Å². The highest BCUT2D eigenvalue weighted by Crippen LogP contribution is 2.18. The minimum Gasteiger partial charge on any atom is -0.443 e. The molecule has 25 heavy (non-hydrogen) atoms. The van der Waals surface area contributed by atoms with E-state index in [4.69, 9.17) is 10.5 Å². The lowest BCUT2D eigenvalue weighted by Gasteiger charge is -2.12. The molecule has 4 N–H and O–H groups in total. The van der Waals surface area contributed by atoms with E-state index in [0.717, 1.165) is 21.0 Å². The zero-order valence-corrected chi connectivity index (χ0v) is 13.0. The fourth-order valence-corrected chi connectivity index (χ4v) is 2.44. The zero-order valence-electron chi connectivity index (χ0n) is 13.0. The first kappa shape index (κ1) is 16.7. The summed E-state index contributed by atoms with van der Waals surface area (Å²) in [6.45, 7) is -0.549. The van der Waals surface area contributed by atoms with Crippen LogP contribution in [0.25, 0.3) is 10.9 Å². The number of halogens is 1. The standard InChI is InChI=1S/C16H15FN4O4/c17-11-7-21(16(24)20-14(11)22)8-25-15(23)12(18)5-9-6-19-13-4-2-1-3-10(9)13/h1-4,6-7,12,19H,5,8,18H2,(H,20,22,24).